The minimum Gasteiger partial charge on any atom is -0.465 e. The fourth-order valence-corrected chi connectivity index (χ4v) is 2.02. The smallest absolute Gasteiger partial charge is 0.324 e. The largest absolute Gasteiger partial charge is 0.465 e. The average Bonchev–Trinajstić information content (AvgIpc) is 2.59. The van der Waals surface area contributed by atoms with E-state index in [2.05, 4.69) is 0 Å². The van der Waals surface area contributed by atoms with E-state index in [4.69, 9.17) is 14.6 Å². The van der Waals surface area contributed by atoms with Crippen LogP contribution < -0.4 is 0 Å². The highest BCUT2D eigenvalue weighted by atomic mass is 16.6. The summed E-state index contributed by atoms with van der Waals surface area (Å²) in [4.78, 5) is 23.8. The molecule has 0 bridgehead atoms. The van der Waals surface area contributed by atoms with Crippen molar-refractivity contribution >= 4 is 11.9 Å². The number of carbonyl (C=O) groups is 2. The normalized spacial score (nSPS) is 28.3. The van der Waals surface area contributed by atoms with Crippen LogP contribution in [0.15, 0.2) is 0 Å². The van der Waals surface area contributed by atoms with E-state index in [9.17, 15) is 9.59 Å². The van der Waals surface area contributed by atoms with Gasteiger partial charge in [0.05, 0.1) is 6.61 Å². The first-order valence-electron chi connectivity index (χ1n) is 5.97. The van der Waals surface area contributed by atoms with Gasteiger partial charge in [-0.1, -0.05) is 13.8 Å². The molecule has 0 aromatic heterocycles. The molecule has 5 nitrogen and oxygen atoms in total. The number of hydrogen-bond acceptors (Lipinski definition) is 5. The molecule has 2 unspecified atom stereocenters. The maximum atomic E-state index is 11.9. The van der Waals surface area contributed by atoms with Crippen LogP contribution in [0.4, 0.5) is 0 Å². The second kappa shape index (κ2) is 5.49. The number of ether oxygens (including phenoxy) is 2. The van der Waals surface area contributed by atoms with Gasteiger partial charge in [0, 0.05) is 13.0 Å². The summed E-state index contributed by atoms with van der Waals surface area (Å²) in [5.74, 6) is -1.00. The predicted octanol–water partition coefficient (Wildman–Crippen LogP) is 0.890. The summed E-state index contributed by atoms with van der Waals surface area (Å²) in [6.45, 7) is 5.52. The van der Waals surface area contributed by atoms with Crippen molar-refractivity contribution in [2.24, 2.45) is 11.3 Å². The van der Waals surface area contributed by atoms with Crippen LogP contribution in [0, 0.1) is 11.3 Å². The predicted molar refractivity (Wildman–Crippen MR) is 60.1 cm³/mol. The van der Waals surface area contributed by atoms with Crippen molar-refractivity contribution in [3.63, 3.8) is 0 Å². The van der Waals surface area contributed by atoms with Crippen LogP contribution in [0.2, 0.25) is 0 Å². The molecule has 1 heterocycles. The topological polar surface area (TPSA) is 72.8 Å². The van der Waals surface area contributed by atoms with Crippen LogP contribution in [-0.4, -0.2) is 36.4 Å². The monoisotopic (exact) mass is 244 g/mol. The Morgan fingerprint density at radius 2 is 2.29 bits per heavy atom. The van der Waals surface area contributed by atoms with Crippen molar-refractivity contribution in [2.75, 3.05) is 13.2 Å². The first kappa shape index (κ1) is 14.0. The van der Waals surface area contributed by atoms with E-state index >= 15 is 0 Å². The van der Waals surface area contributed by atoms with Crippen LogP contribution in [0.25, 0.3) is 0 Å². The summed E-state index contributed by atoms with van der Waals surface area (Å²) >= 11 is 0. The van der Waals surface area contributed by atoms with Crippen LogP contribution >= 0.6 is 0 Å². The van der Waals surface area contributed by atoms with Crippen LogP contribution in [-0.2, 0) is 19.1 Å². The maximum Gasteiger partial charge on any atom is 0.324 e. The van der Waals surface area contributed by atoms with Gasteiger partial charge in [0.15, 0.2) is 5.41 Å². The van der Waals surface area contributed by atoms with Gasteiger partial charge in [0.25, 0.3) is 0 Å². The summed E-state index contributed by atoms with van der Waals surface area (Å²) < 4.78 is 10.1. The van der Waals surface area contributed by atoms with Crippen LogP contribution in [0.5, 0.6) is 0 Å². The van der Waals surface area contributed by atoms with Gasteiger partial charge < -0.3 is 14.6 Å². The molecule has 2 atom stereocenters. The second-order valence-corrected chi connectivity index (χ2v) is 4.67. The SMILES string of the molecule is CCOC(=O)C1(CCO)CC(C(C)C)OC1=O. The van der Waals surface area contributed by atoms with E-state index in [1.165, 1.54) is 0 Å². The molecule has 1 saturated heterocycles. The number of carbonyl (C=O) groups excluding carboxylic acids is 2. The first-order valence-corrected chi connectivity index (χ1v) is 5.97. The highest BCUT2D eigenvalue weighted by Crippen LogP contribution is 2.40. The molecule has 98 valence electrons. The minimum atomic E-state index is -1.31. The number of rotatable bonds is 5. The Kier molecular flexibility index (Phi) is 4.51. The highest BCUT2D eigenvalue weighted by molar-refractivity contribution is 6.01. The first-order chi connectivity index (χ1) is 7.97. The molecule has 1 rings (SSSR count). The Bertz CT molecular complexity index is 299. The molecule has 0 radical (unpaired) electrons. The molecule has 0 spiro atoms. The average molecular weight is 244 g/mol. The van der Waals surface area contributed by atoms with E-state index in [0.717, 1.165) is 0 Å². The van der Waals surface area contributed by atoms with Crippen LogP contribution in [0.1, 0.15) is 33.6 Å². The molecular formula is C12H20O5. The Hall–Kier alpha value is -1.10. The zero-order chi connectivity index (χ0) is 13.1. The van der Waals surface area contributed by atoms with E-state index in [-0.39, 0.29) is 31.7 Å². The lowest BCUT2D eigenvalue weighted by atomic mass is 9.80. The van der Waals surface area contributed by atoms with Gasteiger partial charge >= 0.3 is 11.9 Å². The number of esters is 2. The molecule has 1 fully saturated rings. The quantitative estimate of drug-likeness (QED) is 0.574. The van der Waals surface area contributed by atoms with E-state index in [1.807, 2.05) is 13.8 Å². The van der Waals surface area contributed by atoms with E-state index < -0.39 is 17.4 Å². The summed E-state index contributed by atoms with van der Waals surface area (Å²) in [6, 6.07) is 0. The molecule has 0 aliphatic carbocycles. The molecule has 5 heteroatoms. The van der Waals surface area contributed by atoms with Crippen molar-refractivity contribution in [3.05, 3.63) is 0 Å². The van der Waals surface area contributed by atoms with E-state index in [0.29, 0.717) is 6.42 Å². The molecule has 1 N–H and O–H groups in total. The summed E-state index contributed by atoms with van der Waals surface area (Å²) in [7, 11) is 0. The fourth-order valence-electron chi connectivity index (χ4n) is 2.02. The minimum absolute atomic E-state index is 0.0634. The van der Waals surface area contributed by atoms with E-state index in [1.54, 1.807) is 6.92 Å². The summed E-state index contributed by atoms with van der Waals surface area (Å²) in [5, 5.41) is 9.04. The van der Waals surface area contributed by atoms with Gasteiger partial charge in [0.2, 0.25) is 0 Å². The lowest BCUT2D eigenvalue weighted by Gasteiger charge is -2.21. The third kappa shape index (κ3) is 2.60. The lowest BCUT2D eigenvalue weighted by Crippen LogP contribution is -2.38. The maximum absolute atomic E-state index is 11.9. The Balaban J connectivity index is 2.92. The van der Waals surface area contributed by atoms with Gasteiger partial charge in [-0.25, -0.2) is 0 Å². The number of aliphatic hydroxyl groups excluding tert-OH is 1. The third-order valence-corrected chi connectivity index (χ3v) is 3.15. The van der Waals surface area contributed by atoms with Crippen molar-refractivity contribution in [1.29, 1.82) is 0 Å². The Labute approximate surface area is 101 Å². The zero-order valence-corrected chi connectivity index (χ0v) is 10.6. The van der Waals surface area contributed by atoms with Crippen molar-refractivity contribution in [1.82, 2.24) is 0 Å². The third-order valence-electron chi connectivity index (χ3n) is 3.15. The lowest BCUT2D eigenvalue weighted by molar-refractivity contribution is -0.166. The zero-order valence-electron chi connectivity index (χ0n) is 10.6. The van der Waals surface area contributed by atoms with Crippen molar-refractivity contribution in [2.45, 2.75) is 39.7 Å². The molecule has 1 aliphatic heterocycles. The second-order valence-electron chi connectivity index (χ2n) is 4.67. The number of cyclic esters (lactones) is 1. The Morgan fingerprint density at radius 1 is 1.65 bits per heavy atom. The van der Waals surface area contributed by atoms with Gasteiger partial charge in [-0.3, -0.25) is 9.59 Å². The molecular weight excluding hydrogens is 224 g/mol. The Morgan fingerprint density at radius 3 is 2.71 bits per heavy atom. The fraction of sp³-hybridized carbons (Fsp3) is 0.833. The number of hydrogen-bond donors (Lipinski definition) is 1. The number of aliphatic hydroxyl groups is 1. The summed E-state index contributed by atoms with van der Waals surface area (Å²) in [5.41, 5.74) is -1.31. The molecule has 0 amide bonds. The van der Waals surface area contributed by atoms with Crippen molar-refractivity contribution in [3.8, 4) is 0 Å². The van der Waals surface area contributed by atoms with Crippen molar-refractivity contribution < 1.29 is 24.2 Å². The van der Waals surface area contributed by atoms with Gasteiger partial charge in [-0.05, 0) is 19.3 Å². The molecule has 17 heavy (non-hydrogen) atoms. The molecule has 1 aliphatic rings. The standard InChI is InChI=1S/C12H20O5/c1-4-16-10(14)12(5-6-13)7-9(8(2)3)17-11(12)15/h8-9,13H,4-7H2,1-3H3. The molecule has 0 aromatic rings. The summed E-state index contributed by atoms with van der Waals surface area (Å²) in [6.07, 6.45) is 0.0787. The van der Waals surface area contributed by atoms with Gasteiger partial charge in [-0.2, -0.15) is 0 Å². The van der Waals surface area contributed by atoms with Gasteiger partial charge in [-0.15, -0.1) is 0 Å². The molecule has 0 saturated carbocycles. The van der Waals surface area contributed by atoms with Gasteiger partial charge in [0.1, 0.15) is 6.10 Å². The molecule has 0 aromatic carbocycles. The van der Waals surface area contributed by atoms with Crippen LogP contribution in [0.3, 0.4) is 0 Å². The highest BCUT2D eigenvalue weighted by Gasteiger charge is 2.56.